The van der Waals surface area contributed by atoms with E-state index < -0.39 is 0 Å². The van der Waals surface area contributed by atoms with Crippen LogP contribution in [0.2, 0.25) is 0 Å². The molecule has 2 aromatic rings. The molecule has 2 heteroatoms. The number of hydrogen-bond acceptors (Lipinski definition) is 1. The quantitative estimate of drug-likeness (QED) is 0.763. The molecule has 0 fully saturated rings. The van der Waals surface area contributed by atoms with Gasteiger partial charge in [-0.1, -0.05) is 0 Å². The molecule has 2 rings (SSSR count). The van der Waals surface area contributed by atoms with Crippen molar-refractivity contribution in [3.63, 3.8) is 0 Å². The molecule has 14 heavy (non-hydrogen) atoms. The molecule has 1 nitrogen and oxygen atoms in total. The molecule has 0 atom stereocenters. The molecule has 0 aliphatic rings. The van der Waals surface area contributed by atoms with Gasteiger partial charge >= 0.3 is 90.6 Å². The molecule has 0 N–H and O–H groups in total. The molecular formula is C12H13NSe. The van der Waals surface area contributed by atoms with Gasteiger partial charge in [-0.2, -0.15) is 0 Å². The second-order valence-corrected chi connectivity index (χ2v) is 4.99. The van der Waals surface area contributed by atoms with Crippen molar-refractivity contribution in [2.45, 2.75) is 19.8 Å². The normalized spacial score (nSPS) is 10.4. The Hall–Kier alpha value is -0.851. The predicted octanol–water partition coefficient (Wildman–Crippen LogP) is 2.76. The standard InChI is InChI=1S/C12H13NSe/c1-2-6-11-9-12(14-13-11)10-7-4-3-5-8-10/h3-5,7-9H,2,6H2,1H3. The van der Waals surface area contributed by atoms with Crippen LogP contribution in [0.25, 0.3) is 10.0 Å². The van der Waals surface area contributed by atoms with E-state index in [1.165, 1.54) is 22.1 Å². The van der Waals surface area contributed by atoms with E-state index in [1.54, 1.807) is 0 Å². The van der Waals surface area contributed by atoms with Gasteiger partial charge in [-0.25, -0.2) is 0 Å². The Bertz CT molecular complexity index is 392. The van der Waals surface area contributed by atoms with E-state index in [0.29, 0.717) is 14.7 Å². The van der Waals surface area contributed by atoms with Gasteiger partial charge in [0.25, 0.3) is 0 Å². The zero-order valence-electron chi connectivity index (χ0n) is 8.23. The maximum atomic E-state index is 4.57. The Labute approximate surface area is 90.8 Å². The topological polar surface area (TPSA) is 12.9 Å². The third-order valence-electron chi connectivity index (χ3n) is 2.12. The van der Waals surface area contributed by atoms with E-state index in [1.807, 2.05) is 0 Å². The minimum atomic E-state index is 0.311. The zero-order valence-corrected chi connectivity index (χ0v) is 9.95. The van der Waals surface area contributed by atoms with Crippen LogP contribution in [0.1, 0.15) is 19.0 Å². The Kier molecular flexibility index (Phi) is 3.18. The second kappa shape index (κ2) is 4.58. The number of nitrogens with zero attached hydrogens (tertiary/aromatic N) is 1. The Morgan fingerprint density at radius 3 is 2.71 bits per heavy atom. The van der Waals surface area contributed by atoms with Gasteiger partial charge in [-0.3, -0.25) is 0 Å². The van der Waals surface area contributed by atoms with Gasteiger partial charge in [-0.05, 0) is 0 Å². The minimum absolute atomic E-state index is 0.311. The van der Waals surface area contributed by atoms with Crippen molar-refractivity contribution >= 4 is 14.7 Å². The van der Waals surface area contributed by atoms with Crippen molar-refractivity contribution in [3.8, 4) is 10.0 Å². The first kappa shape index (κ1) is 9.69. The summed E-state index contributed by atoms with van der Waals surface area (Å²) in [5.41, 5.74) is 2.62. The summed E-state index contributed by atoms with van der Waals surface area (Å²) in [7, 11) is 0. The molecule has 72 valence electrons. The van der Waals surface area contributed by atoms with Crippen molar-refractivity contribution in [1.82, 2.24) is 3.98 Å². The Morgan fingerprint density at radius 1 is 1.21 bits per heavy atom. The first-order valence-corrected chi connectivity index (χ1v) is 6.53. The first-order chi connectivity index (χ1) is 6.90. The van der Waals surface area contributed by atoms with E-state index in [2.05, 4.69) is 47.3 Å². The van der Waals surface area contributed by atoms with Gasteiger partial charge < -0.3 is 0 Å². The SMILES string of the molecule is CCCc1cc(-c2ccccc2)[se]n1. The predicted molar refractivity (Wildman–Crippen MR) is 60.6 cm³/mol. The number of benzene rings is 1. The molecule has 1 aromatic carbocycles. The van der Waals surface area contributed by atoms with Crippen LogP contribution in [0.15, 0.2) is 36.4 Å². The van der Waals surface area contributed by atoms with Crippen molar-refractivity contribution in [1.29, 1.82) is 0 Å². The van der Waals surface area contributed by atoms with Crippen LogP contribution in [0.3, 0.4) is 0 Å². The third-order valence-corrected chi connectivity index (χ3v) is 3.96. The van der Waals surface area contributed by atoms with Gasteiger partial charge in [0, 0.05) is 0 Å². The van der Waals surface area contributed by atoms with Crippen LogP contribution < -0.4 is 0 Å². The summed E-state index contributed by atoms with van der Waals surface area (Å²) in [6.07, 6.45) is 2.31. The van der Waals surface area contributed by atoms with E-state index in [4.69, 9.17) is 0 Å². The maximum absolute atomic E-state index is 4.57. The number of aromatic nitrogens is 1. The van der Waals surface area contributed by atoms with Crippen LogP contribution in [-0.2, 0) is 6.42 Å². The van der Waals surface area contributed by atoms with Crippen molar-refractivity contribution < 1.29 is 0 Å². The van der Waals surface area contributed by atoms with Crippen LogP contribution in [0.5, 0.6) is 0 Å². The van der Waals surface area contributed by atoms with Crippen LogP contribution in [0.4, 0.5) is 0 Å². The van der Waals surface area contributed by atoms with Gasteiger partial charge in [0.05, 0.1) is 0 Å². The molecule has 0 aliphatic heterocycles. The van der Waals surface area contributed by atoms with Crippen LogP contribution >= 0.6 is 0 Å². The average Bonchev–Trinajstić information content (AvgIpc) is 2.68. The number of rotatable bonds is 3. The second-order valence-electron chi connectivity index (χ2n) is 3.30. The molecule has 0 bridgehead atoms. The van der Waals surface area contributed by atoms with Crippen molar-refractivity contribution in [2.24, 2.45) is 0 Å². The summed E-state index contributed by atoms with van der Waals surface area (Å²) in [5, 5.41) is 0. The van der Waals surface area contributed by atoms with Crippen molar-refractivity contribution in [2.75, 3.05) is 0 Å². The summed E-state index contributed by atoms with van der Waals surface area (Å²) < 4.78 is 5.99. The van der Waals surface area contributed by atoms with E-state index in [9.17, 15) is 0 Å². The molecule has 0 unspecified atom stereocenters. The van der Waals surface area contributed by atoms with Gasteiger partial charge in [0.15, 0.2) is 0 Å². The van der Waals surface area contributed by atoms with E-state index in [0.717, 1.165) is 6.42 Å². The van der Waals surface area contributed by atoms with Crippen LogP contribution in [0, 0.1) is 0 Å². The van der Waals surface area contributed by atoms with Gasteiger partial charge in [0.1, 0.15) is 0 Å². The van der Waals surface area contributed by atoms with Crippen molar-refractivity contribution in [3.05, 3.63) is 42.1 Å². The number of hydrogen-bond donors (Lipinski definition) is 0. The molecule has 0 radical (unpaired) electrons. The van der Waals surface area contributed by atoms with E-state index >= 15 is 0 Å². The van der Waals surface area contributed by atoms with E-state index in [-0.39, 0.29) is 0 Å². The fourth-order valence-corrected chi connectivity index (χ4v) is 3.08. The monoisotopic (exact) mass is 251 g/mol. The fourth-order valence-electron chi connectivity index (χ4n) is 1.42. The van der Waals surface area contributed by atoms with Gasteiger partial charge in [0.2, 0.25) is 0 Å². The molecule has 0 saturated carbocycles. The molecule has 0 spiro atoms. The molecule has 0 amide bonds. The Morgan fingerprint density at radius 2 is 2.00 bits per heavy atom. The molecular weight excluding hydrogens is 237 g/mol. The fraction of sp³-hybridized carbons (Fsp3) is 0.250. The summed E-state index contributed by atoms with van der Waals surface area (Å²) in [4.78, 5) is 0. The molecule has 1 aromatic heterocycles. The molecule has 0 saturated heterocycles. The Balaban J connectivity index is 2.25. The summed E-state index contributed by atoms with van der Waals surface area (Å²) >= 11 is 0.311. The summed E-state index contributed by atoms with van der Waals surface area (Å²) in [6, 6.07) is 12.8. The number of aryl methyl sites for hydroxylation is 1. The third kappa shape index (κ3) is 2.14. The summed E-state index contributed by atoms with van der Waals surface area (Å²) in [5.74, 6) is 0. The molecule has 1 heterocycles. The first-order valence-electron chi connectivity index (χ1n) is 4.91. The molecule has 0 aliphatic carbocycles. The average molecular weight is 250 g/mol. The zero-order chi connectivity index (χ0) is 9.80. The van der Waals surface area contributed by atoms with Gasteiger partial charge in [-0.15, -0.1) is 0 Å². The van der Waals surface area contributed by atoms with Crippen LogP contribution in [-0.4, -0.2) is 18.7 Å². The summed E-state index contributed by atoms with van der Waals surface area (Å²) in [6.45, 7) is 2.20.